The summed E-state index contributed by atoms with van der Waals surface area (Å²) in [5, 5.41) is 4.82. The van der Waals surface area contributed by atoms with Gasteiger partial charge in [0.2, 0.25) is 0 Å². The second kappa shape index (κ2) is 5.57. The van der Waals surface area contributed by atoms with E-state index < -0.39 is 0 Å². The Hall–Kier alpha value is -1.56. The van der Waals surface area contributed by atoms with Gasteiger partial charge in [-0.25, -0.2) is 4.99 Å². The van der Waals surface area contributed by atoms with E-state index in [0.29, 0.717) is 5.02 Å². The normalized spacial score (nSPS) is 18.1. The molecular formula is C16H16ClN3OS. The van der Waals surface area contributed by atoms with Crippen molar-refractivity contribution in [3.63, 3.8) is 0 Å². The molecule has 0 unspecified atom stereocenters. The number of nitrogens with zero attached hydrogens (tertiary/aromatic N) is 3. The smallest absolute Gasteiger partial charge is 0.153 e. The lowest BCUT2D eigenvalue weighted by Gasteiger charge is -2.34. The van der Waals surface area contributed by atoms with Gasteiger partial charge in [0.25, 0.3) is 0 Å². The van der Waals surface area contributed by atoms with Crippen molar-refractivity contribution in [1.82, 2.24) is 9.80 Å². The van der Waals surface area contributed by atoms with Crippen LogP contribution in [0.3, 0.4) is 0 Å². The van der Waals surface area contributed by atoms with Crippen molar-refractivity contribution in [2.24, 2.45) is 4.99 Å². The fraction of sp³-hybridized carbons (Fsp3) is 0.312. The Morgan fingerprint density at radius 1 is 1.14 bits per heavy atom. The zero-order chi connectivity index (χ0) is 15.1. The number of hydrogen-bond donors (Lipinski definition) is 0. The number of fused-ring (bicyclic) bond motifs is 2. The molecule has 1 fully saturated rings. The summed E-state index contributed by atoms with van der Waals surface area (Å²) in [6, 6.07) is 5.58. The van der Waals surface area contributed by atoms with E-state index in [2.05, 4.69) is 22.2 Å². The van der Waals surface area contributed by atoms with Crippen LogP contribution < -0.4 is 4.74 Å². The molecule has 0 saturated carbocycles. The fourth-order valence-electron chi connectivity index (χ4n) is 2.74. The van der Waals surface area contributed by atoms with Gasteiger partial charge in [0, 0.05) is 42.0 Å². The summed E-state index contributed by atoms with van der Waals surface area (Å²) < 4.78 is 6.04. The summed E-state index contributed by atoms with van der Waals surface area (Å²) in [6.45, 7) is 4.03. The third-order valence-corrected chi connectivity index (χ3v) is 4.99. The molecule has 22 heavy (non-hydrogen) atoms. The number of amidine groups is 1. The van der Waals surface area contributed by atoms with E-state index in [9.17, 15) is 0 Å². The van der Waals surface area contributed by atoms with Crippen molar-refractivity contribution in [2.45, 2.75) is 0 Å². The summed E-state index contributed by atoms with van der Waals surface area (Å²) in [5.74, 6) is 2.63. The van der Waals surface area contributed by atoms with Gasteiger partial charge in [-0.2, -0.15) is 0 Å². The summed E-state index contributed by atoms with van der Waals surface area (Å²) in [7, 11) is 2.15. The minimum atomic E-state index is 0.674. The molecular weight excluding hydrogens is 318 g/mol. The molecule has 0 aliphatic carbocycles. The molecule has 0 N–H and O–H groups in total. The maximum Gasteiger partial charge on any atom is 0.153 e. The lowest BCUT2D eigenvalue weighted by molar-refractivity contribution is 0.216. The minimum absolute atomic E-state index is 0.674. The average Bonchev–Trinajstić information content (AvgIpc) is 2.91. The Labute approximate surface area is 138 Å². The molecule has 2 aliphatic heterocycles. The van der Waals surface area contributed by atoms with Crippen molar-refractivity contribution >= 4 is 34.5 Å². The van der Waals surface area contributed by atoms with E-state index in [1.807, 2.05) is 23.6 Å². The molecule has 0 spiro atoms. The second-order valence-corrected chi connectivity index (χ2v) is 6.77. The predicted octanol–water partition coefficient (Wildman–Crippen LogP) is 3.83. The monoisotopic (exact) mass is 333 g/mol. The summed E-state index contributed by atoms with van der Waals surface area (Å²) >= 11 is 7.77. The van der Waals surface area contributed by atoms with Gasteiger partial charge in [0.15, 0.2) is 5.75 Å². The quantitative estimate of drug-likeness (QED) is 0.733. The molecule has 0 radical (unpaired) electrons. The Morgan fingerprint density at radius 2 is 1.95 bits per heavy atom. The Kier molecular flexibility index (Phi) is 3.56. The molecule has 2 aliphatic rings. The van der Waals surface area contributed by atoms with Crippen LogP contribution in [-0.2, 0) is 0 Å². The van der Waals surface area contributed by atoms with Crippen LogP contribution in [-0.4, -0.2) is 48.9 Å². The number of likely N-dealkylation sites (N-methyl/N-ethyl adjacent to an activating group) is 1. The van der Waals surface area contributed by atoms with Crippen molar-refractivity contribution in [3.05, 3.63) is 39.5 Å². The van der Waals surface area contributed by atoms with Gasteiger partial charge in [-0.1, -0.05) is 11.6 Å². The largest absolute Gasteiger partial charge is 0.453 e. The van der Waals surface area contributed by atoms with E-state index in [0.717, 1.165) is 54.8 Å². The first-order chi connectivity index (χ1) is 10.7. The van der Waals surface area contributed by atoms with Gasteiger partial charge >= 0.3 is 0 Å². The number of ether oxygens (including phenoxy) is 1. The molecule has 0 amide bonds. The minimum Gasteiger partial charge on any atom is -0.453 e. The van der Waals surface area contributed by atoms with Gasteiger partial charge in [-0.3, -0.25) is 0 Å². The fourth-order valence-corrected chi connectivity index (χ4v) is 3.63. The standard InChI is InChI=1S/C16H16ClN3OS/c1-19-4-6-20(7-5-19)16-12-9-22-10-15(12)21-14-3-2-11(17)8-13(14)18-16/h2-3,8-10H,4-7H2,1H3. The van der Waals surface area contributed by atoms with Crippen molar-refractivity contribution in [3.8, 4) is 11.5 Å². The lowest BCUT2D eigenvalue weighted by atomic mass is 10.2. The van der Waals surface area contributed by atoms with Crippen LogP contribution in [0, 0.1) is 0 Å². The van der Waals surface area contributed by atoms with Crippen molar-refractivity contribution < 1.29 is 4.74 Å². The summed E-state index contributed by atoms with van der Waals surface area (Å²) in [5.41, 5.74) is 1.87. The molecule has 0 atom stereocenters. The zero-order valence-corrected chi connectivity index (χ0v) is 13.8. The SMILES string of the molecule is CN1CCN(C2=Nc3cc(Cl)ccc3Oc3cscc32)CC1. The zero-order valence-electron chi connectivity index (χ0n) is 12.3. The van der Waals surface area contributed by atoms with Crippen LogP contribution in [0.2, 0.25) is 5.02 Å². The Morgan fingerprint density at radius 3 is 2.77 bits per heavy atom. The first-order valence-electron chi connectivity index (χ1n) is 7.27. The summed E-state index contributed by atoms with van der Waals surface area (Å²) in [6.07, 6.45) is 0. The van der Waals surface area contributed by atoms with Gasteiger partial charge in [0.1, 0.15) is 17.3 Å². The number of piperazine rings is 1. The van der Waals surface area contributed by atoms with Gasteiger partial charge < -0.3 is 14.5 Å². The van der Waals surface area contributed by atoms with E-state index in [1.54, 1.807) is 11.3 Å². The lowest BCUT2D eigenvalue weighted by Crippen LogP contribution is -2.47. The maximum atomic E-state index is 6.12. The average molecular weight is 334 g/mol. The van der Waals surface area contributed by atoms with Crippen LogP contribution in [0.25, 0.3) is 0 Å². The molecule has 0 bridgehead atoms. The highest BCUT2D eigenvalue weighted by molar-refractivity contribution is 7.08. The molecule has 1 aromatic heterocycles. The summed E-state index contributed by atoms with van der Waals surface area (Å²) in [4.78, 5) is 9.56. The predicted molar refractivity (Wildman–Crippen MR) is 91.1 cm³/mol. The highest BCUT2D eigenvalue weighted by atomic mass is 35.5. The third kappa shape index (κ3) is 2.49. The number of rotatable bonds is 0. The van der Waals surface area contributed by atoms with Crippen LogP contribution >= 0.6 is 22.9 Å². The number of thiophene rings is 1. The highest BCUT2D eigenvalue weighted by Crippen LogP contribution is 2.40. The first kappa shape index (κ1) is 14.1. The molecule has 1 saturated heterocycles. The van der Waals surface area contributed by atoms with Gasteiger partial charge in [-0.15, -0.1) is 11.3 Å². The number of halogens is 1. The molecule has 1 aromatic carbocycles. The van der Waals surface area contributed by atoms with Crippen molar-refractivity contribution in [2.75, 3.05) is 33.2 Å². The number of hydrogen-bond acceptors (Lipinski definition) is 5. The van der Waals surface area contributed by atoms with Crippen molar-refractivity contribution in [1.29, 1.82) is 0 Å². The number of benzene rings is 1. The van der Waals surface area contributed by atoms with Crippen LogP contribution in [0.1, 0.15) is 5.56 Å². The molecule has 6 heteroatoms. The topological polar surface area (TPSA) is 28.1 Å². The van der Waals surface area contributed by atoms with E-state index >= 15 is 0 Å². The molecule has 3 heterocycles. The number of aliphatic imine (C=N–C) groups is 1. The van der Waals surface area contributed by atoms with E-state index in [4.69, 9.17) is 21.3 Å². The van der Waals surface area contributed by atoms with Crippen LogP contribution in [0.5, 0.6) is 11.5 Å². The van der Waals surface area contributed by atoms with E-state index in [-0.39, 0.29) is 0 Å². The first-order valence-corrected chi connectivity index (χ1v) is 8.59. The Bertz CT molecular complexity index is 735. The third-order valence-electron chi connectivity index (χ3n) is 4.04. The molecule has 114 valence electrons. The highest BCUT2D eigenvalue weighted by Gasteiger charge is 2.25. The van der Waals surface area contributed by atoms with Crippen LogP contribution in [0.4, 0.5) is 5.69 Å². The Balaban J connectivity index is 1.80. The maximum absolute atomic E-state index is 6.12. The molecule has 4 rings (SSSR count). The second-order valence-electron chi connectivity index (χ2n) is 5.59. The molecule has 2 aromatic rings. The van der Waals surface area contributed by atoms with E-state index in [1.165, 1.54) is 0 Å². The van der Waals surface area contributed by atoms with Gasteiger partial charge in [-0.05, 0) is 25.2 Å². The molecule has 4 nitrogen and oxygen atoms in total. The van der Waals surface area contributed by atoms with Crippen LogP contribution in [0.15, 0.2) is 34.0 Å². The van der Waals surface area contributed by atoms with Gasteiger partial charge in [0.05, 0.1) is 5.56 Å².